The molecular weight excluding hydrogens is 250 g/mol. The number of ketones is 1. The topological polar surface area (TPSA) is 56.0 Å². The van der Waals surface area contributed by atoms with Gasteiger partial charge in [0.15, 0.2) is 5.82 Å². The van der Waals surface area contributed by atoms with E-state index in [-0.39, 0.29) is 5.89 Å². The number of rotatable bonds is 7. The highest BCUT2D eigenvalue weighted by molar-refractivity contribution is 7.98. The first-order chi connectivity index (χ1) is 7.99. The van der Waals surface area contributed by atoms with E-state index in [4.69, 9.17) is 4.52 Å². The zero-order valence-corrected chi connectivity index (χ0v) is 10.5. The number of thioether (sulfide) groups is 1. The van der Waals surface area contributed by atoms with Crippen LogP contribution < -0.4 is 0 Å². The summed E-state index contributed by atoms with van der Waals surface area (Å²) >= 11 is 1.63. The van der Waals surface area contributed by atoms with Crippen LogP contribution >= 0.6 is 11.8 Å². The summed E-state index contributed by atoms with van der Waals surface area (Å²) in [6.07, 6.45) is -3.49. The second-order valence-corrected chi connectivity index (χ2v) is 4.99. The molecule has 96 valence electrons. The van der Waals surface area contributed by atoms with Crippen LogP contribution in [0.4, 0.5) is 8.78 Å². The molecule has 0 aliphatic heterocycles. The fourth-order valence-electron chi connectivity index (χ4n) is 1.03. The van der Waals surface area contributed by atoms with Crippen molar-refractivity contribution in [2.75, 3.05) is 5.75 Å². The van der Waals surface area contributed by atoms with Crippen LogP contribution in [0.25, 0.3) is 0 Å². The summed E-state index contributed by atoms with van der Waals surface area (Å²) in [5.74, 6) is 1.27. The van der Waals surface area contributed by atoms with E-state index in [1.807, 2.05) is 0 Å². The lowest BCUT2D eigenvalue weighted by Crippen LogP contribution is -2.12. The Morgan fingerprint density at radius 2 is 2.18 bits per heavy atom. The summed E-state index contributed by atoms with van der Waals surface area (Å²) in [7, 11) is 0. The van der Waals surface area contributed by atoms with Crippen molar-refractivity contribution in [2.24, 2.45) is 5.92 Å². The van der Waals surface area contributed by atoms with Gasteiger partial charge in [0.1, 0.15) is 0 Å². The summed E-state index contributed by atoms with van der Waals surface area (Å²) in [6, 6.07) is 0. The molecule has 1 rings (SSSR count). The van der Waals surface area contributed by atoms with Crippen LogP contribution in [-0.2, 0) is 17.0 Å². The number of carbonyl (C=O) groups is 1. The minimum atomic E-state index is -2.99. The lowest BCUT2D eigenvalue weighted by molar-refractivity contribution is -0.129. The predicted molar refractivity (Wildman–Crippen MR) is 60.0 cm³/mol. The summed E-state index contributed by atoms with van der Waals surface area (Å²) in [4.78, 5) is 14.6. The van der Waals surface area contributed by atoms with Gasteiger partial charge in [0.25, 0.3) is 6.43 Å². The Morgan fingerprint density at radius 3 is 2.76 bits per heavy atom. The third kappa shape index (κ3) is 5.25. The smallest absolute Gasteiger partial charge is 0.296 e. The molecule has 0 bridgehead atoms. The van der Waals surface area contributed by atoms with Crippen molar-refractivity contribution in [3.05, 3.63) is 11.7 Å². The molecule has 4 nitrogen and oxygen atoms in total. The molecule has 0 spiro atoms. The van der Waals surface area contributed by atoms with Crippen LogP contribution in [0.5, 0.6) is 0 Å². The number of hydrogen-bond acceptors (Lipinski definition) is 5. The summed E-state index contributed by atoms with van der Waals surface area (Å²) in [5.41, 5.74) is 0. The van der Waals surface area contributed by atoms with Crippen molar-refractivity contribution in [3.8, 4) is 0 Å². The van der Waals surface area contributed by atoms with Crippen molar-refractivity contribution >= 4 is 17.5 Å². The second-order valence-electron chi connectivity index (χ2n) is 3.96. The summed E-state index contributed by atoms with van der Waals surface area (Å²) < 4.78 is 28.7. The monoisotopic (exact) mass is 264 g/mol. The highest BCUT2D eigenvalue weighted by Crippen LogP contribution is 2.13. The number of hydrogen-bond donors (Lipinski definition) is 0. The molecule has 0 atom stereocenters. The zero-order chi connectivity index (χ0) is 12.8. The van der Waals surface area contributed by atoms with Crippen molar-refractivity contribution in [2.45, 2.75) is 32.4 Å². The maximum absolute atomic E-state index is 12.0. The number of alkyl halides is 2. The van der Waals surface area contributed by atoms with Crippen LogP contribution in [0.1, 0.15) is 25.6 Å². The Bertz CT molecular complexity index is 369. The molecule has 7 heteroatoms. The molecule has 0 aromatic carbocycles. The first-order valence-corrected chi connectivity index (χ1v) is 6.34. The Hall–Kier alpha value is -0.980. The van der Waals surface area contributed by atoms with Gasteiger partial charge in [-0.3, -0.25) is 4.79 Å². The average Bonchev–Trinajstić information content (AvgIpc) is 2.65. The molecule has 1 aromatic heterocycles. The number of nitrogens with zero attached hydrogens (tertiary/aromatic N) is 2. The molecule has 0 aliphatic carbocycles. The molecule has 17 heavy (non-hydrogen) atoms. The van der Waals surface area contributed by atoms with E-state index >= 15 is 0 Å². The fraction of sp³-hybridized carbons (Fsp3) is 0.700. The SMILES string of the molecule is CC(C)CSCc1noc(CC(=O)C(F)F)n1. The molecule has 0 saturated heterocycles. The second kappa shape index (κ2) is 6.68. The molecule has 0 amide bonds. The van der Waals surface area contributed by atoms with Gasteiger partial charge >= 0.3 is 0 Å². The first-order valence-electron chi connectivity index (χ1n) is 5.19. The van der Waals surface area contributed by atoms with Crippen LogP contribution in [0.2, 0.25) is 0 Å². The lowest BCUT2D eigenvalue weighted by Gasteiger charge is -2.00. The molecule has 0 N–H and O–H groups in total. The van der Waals surface area contributed by atoms with E-state index in [1.54, 1.807) is 11.8 Å². The van der Waals surface area contributed by atoms with Crippen molar-refractivity contribution in [1.29, 1.82) is 0 Å². The Morgan fingerprint density at radius 1 is 1.47 bits per heavy atom. The molecule has 1 aromatic rings. The Labute approximate surface area is 102 Å². The Balaban J connectivity index is 2.40. The first kappa shape index (κ1) is 14.1. The fourth-order valence-corrected chi connectivity index (χ4v) is 1.92. The van der Waals surface area contributed by atoms with E-state index in [2.05, 4.69) is 24.0 Å². The number of carbonyl (C=O) groups excluding carboxylic acids is 1. The van der Waals surface area contributed by atoms with Gasteiger partial charge in [0, 0.05) is 0 Å². The number of aromatic nitrogens is 2. The van der Waals surface area contributed by atoms with Gasteiger partial charge in [0.2, 0.25) is 11.7 Å². The predicted octanol–water partition coefficient (Wildman–Crippen LogP) is 2.34. The van der Waals surface area contributed by atoms with Gasteiger partial charge in [-0.25, -0.2) is 8.78 Å². The van der Waals surface area contributed by atoms with Gasteiger partial charge in [0.05, 0.1) is 12.2 Å². The van der Waals surface area contributed by atoms with Crippen LogP contribution in [-0.4, -0.2) is 28.1 Å². The van der Waals surface area contributed by atoms with E-state index in [1.165, 1.54) is 0 Å². The third-order valence-corrected chi connectivity index (χ3v) is 3.13. The van der Waals surface area contributed by atoms with Crippen LogP contribution in [0.15, 0.2) is 4.52 Å². The number of halogens is 2. The molecule has 0 unspecified atom stereocenters. The van der Waals surface area contributed by atoms with Crippen LogP contribution in [0.3, 0.4) is 0 Å². The van der Waals surface area contributed by atoms with Gasteiger partial charge < -0.3 is 4.52 Å². The molecule has 0 fully saturated rings. The van der Waals surface area contributed by atoms with Crippen molar-refractivity contribution in [1.82, 2.24) is 10.1 Å². The standard InChI is InChI=1S/C10H14F2N2O2S/c1-6(2)4-17-5-8-13-9(16-14-8)3-7(15)10(11)12/h6,10H,3-5H2,1-2H3. The van der Waals surface area contributed by atoms with Crippen LogP contribution in [0, 0.1) is 5.92 Å². The van der Waals surface area contributed by atoms with Gasteiger partial charge in [-0.05, 0) is 11.7 Å². The maximum atomic E-state index is 12.0. The van der Waals surface area contributed by atoms with Gasteiger partial charge in [-0.15, -0.1) is 0 Å². The van der Waals surface area contributed by atoms with E-state index in [9.17, 15) is 13.6 Å². The van der Waals surface area contributed by atoms with Gasteiger partial charge in [-0.1, -0.05) is 19.0 Å². The molecule has 0 saturated carbocycles. The quantitative estimate of drug-likeness (QED) is 0.756. The minimum Gasteiger partial charge on any atom is -0.339 e. The van der Waals surface area contributed by atoms with E-state index in [0.717, 1.165) is 5.75 Å². The summed E-state index contributed by atoms with van der Waals surface area (Å²) in [5, 5.41) is 3.62. The third-order valence-electron chi connectivity index (χ3n) is 1.76. The van der Waals surface area contributed by atoms with Crippen molar-refractivity contribution < 1.29 is 18.1 Å². The highest BCUT2D eigenvalue weighted by atomic mass is 32.2. The average molecular weight is 264 g/mol. The van der Waals surface area contributed by atoms with Gasteiger partial charge in [-0.2, -0.15) is 16.7 Å². The Kier molecular flexibility index (Phi) is 5.54. The van der Waals surface area contributed by atoms with E-state index in [0.29, 0.717) is 17.5 Å². The number of Topliss-reactive ketones (excluding diaryl/α,β-unsaturated/α-hetero) is 1. The van der Waals surface area contributed by atoms with Crippen molar-refractivity contribution in [3.63, 3.8) is 0 Å². The molecule has 0 aliphatic rings. The normalized spacial score (nSPS) is 11.4. The lowest BCUT2D eigenvalue weighted by atomic mass is 10.3. The maximum Gasteiger partial charge on any atom is 0.296 e. The molecule has 0 radical (unpaired) electrons. The minimum absolute atomic E-state index is 0.0459. The van der Waals surface area contributed by atoms with E-state index < -0.39 is 18.6 Å². The highest BCUT2D eigenvalue weighted by Gasteiger charge is 2.19. The summed E-state index contributed by atoms with van der Waals surface area (Å²) in [6.45, 7) is 4.19. The zero-order valence-electron chi connectivity index (χ0n) is 9.65. The molecule has 1 heterocycles. The largest absolute Gasteiger partial charge is 0.339 e. The molecular formula is C10H14F2N2O2S.